The van der Waals surface area contributed by atoms with Crippen molar-refractivity contribution in [1.82, 2.24) is 9.97 Å². The van der Waals surface area contributed by atoms with Gasteiger partial charge >= 0.3 is 12.0 Å². The molecule has 0 saturated carbocycles. The maximum Gasteiger partial charge on any atom is 0.358 e. The molecule has 0 bridgehead atoms. The minimum Gasteiger partial charge on any atom is -0.458 e. The number of aromatic amines is 1. The molecule has 0 saturated heterocycles. The van der Waals surface area contributed by atoms with Crippen LogP contribution in [-0.4, -0.2) is 22.0 Å². The highest BCUT2D eigenvalue weighted by molar-refractivity contribution is 5.87. The number of ether oxygens (including phenoxy) is 1. The molecule has 0 aromatic carbocycles. The molecule has 1 N–H and O–H groups in total. The zero-order chi connectivity index (χ0) is 9.84. The van der Waals surface area contributed by atoms with Crippen LogP contribution >= 0.6 is 0 Å². The van der Waals surface area contributed by atoms with E-state index in [0.29, 0.717) is 0 Å². The Morgan fingerprint density at radius 3 is 2.92 bits per heavy atom. The molecule has 5 heteroatoms. The van der Waals surface area contributed by atoms with Gasteiger partial charge in [-0.1, -0.05) is 6.92 Å². The minimum atomic E-state index is -0.562. The molecule has 1 heterocycles. The predicted octanol–water partition coefficient (Wildman–Crippen LogP) is 1.51. The summed E-state index contributed by atoms with van der Waals surface area (Å²) in [6.07, 6.45) is 1.83. The second kappa shape index (κ2) is 3.93. The van der Waals surface area contributed by atoms with Gasteiger partial charge in [0.25, 0.3) is 0 Å². The van der Waals surface area contributed by atoms with Gasteiger partial charge in [0.1, 0.15) is 0 Å². The molecule has 0 aliphatic rings. The third kappa shape index (κ3) is 2.47. The van der Waals surface area contributed by atoms with Crippen LogP contribution < -0.4 is 0 Å². The van der Waals surface area contributed by atoms with Gasteiger partial charge in [0.15, 0.2) is 5.69 Å². The fourth-order valence-electron chi connectivity index (χ4n) is 0.735. The van der Waals surface area contributed by atoms with Gasteiger partial charge in [-0.05, 0) is 13.3 Å². The van der Waals surface area contributed by atoms with E-state index in [0.717, 1.165) is 6.42 Å². The molecule has 0 amide bonds. The molecule has 1 radical (unpaired) electrons. The van der Waals surface area contributed by atoms with Crippen LogP contribution in [0, 0.1) is 0 Å². The molecule has 1 unspecified atom stereocenters. The van der Waals surface area contributed by atoms with Crippen LogP contribution in [0.15, 0.2) is 6.20 Å². The second-order valence-electron chi connectivity index (χ2n) is 2.72. The van der Waals surface area contributed by atoms with E-state index in [1.54, 1.807) is 6.92 Å². The molecule has 1 rings (SSSR count). The van der Waals surface area contributed by atoms with E-state index in [1.807, 2.05) is 6.92 Å². The number of aromatic nitrogens is 2. The van der Waals surface area contributed by atoms with Crippen LogP contribution in [-0.2, 0) is 9.84 Å². The summed E-state index contributed by atoms with van der Waals surface area (Å²) in [7, 11) is 0. The lowest BCUT2D eigenvalue weighted by Crippen LogP contribution is -2.14. The van der Waals surface area contributed by atoms with Crippen molar-refractivity contribution in [3.05, 3.63) is 11.9 Å². The number of H-pyrrole nitrogens is 1. The standard InChI is InChI=1S/C8H11N2O3/c1-3-5(2)13-7(11)6-4-9-8(12)10-6/h4-5H,3H2,1-2H3,(H,9,10). The highest BCUT2D eigenvalue weighted by Crippen LogP contribution is 2.07. The third-order valence-electron chi connectivity index (χ3n) is 1.65. The zero-order valence-electron chi connectivity index (χ0n) is 7.53. The van der Waals surface area contributed by atoms with Gasteiger partial charge in [0.05, 0.1) is 6.10 Å². The largest absolute Gasteiger partial charge is 0.458 e. The smallest absolute Gasteiger partial charge is 0.358 e. The molecule has 0 fully saturated rings. The molecule has 1 atom stereocenters. The van der Waals surface area contributed by atoms with E-state index in [-0.39, 0.29) is 11.8 Å². The molecule has 13 heavy (non-hydrogen) atoms. The first kappa shape index (κ1) is 9.57. The Labute approximate surface area is 75.8 Å². The van der Waals surface area contributed by atoms with Gasteiger partial charge < -0.3 is 9.72 Å². The Morgan fingerprint density at radius 1 is 1.77 bits per heavy atom. The summed E-state index contributed by atoms with van der Waals surface area (Å²) >= 11 is 0. The number of nitrogens with one attached hydrogen (secondary N) is 1. The number of rotatable bonds is 3. The van der Waals surface area contributed by atoms with Crippen molar-refractivity contribution in [1.29, 1.82) is 0 Å². The number of imidazole rings is 1. The summed E-state index contributed by atoms with van der Waals surface area (Å²) < 4.78 is 4.94. The molecular formula is C8H11N2O3. The molecule has 0 aliphatic carbocycles. The van der Waals surface area contributed by atoms with E-state index in [2.05, 4.69) is 9.97 Å². The van der Waals surface area contributed by atoms with Crippen molar-refractivity contribution in [2.75, 3.05) is 0 Å². The lowest BCUT2D eigenvalue weighted by molar-refractivity contribution is 0.0327. The summed E-state index contributed by atoms with van der Waals surface area (Å²) in [5, 5.41) is 10.6. The van der Waals surface area contributed by atoms with Crippen molar-refractivity contribution in [3.63, 3.8) is 0 Å². The lowest BCUT2D eigenvalue weighted by Gasteiger charge is -2.08. The highest BCUT2D eigenvalue weighted by Gasteiger charge is 2.14. The van der Waals surface area contributed by atoms with Gasteiger partial charge in [-0.3, -0.25) is 0 Å². The minimum absolute atomic E-state index is 0.0327. The first-order valence-electron chi connectivity index (χ1n) is 4.07. The van der Waals surface area contributed by atoms with Crippen molar-refractivity contribution >= 4 is 5.97 Å². The molecule has 0 spiro atoms. The molecule has 1 aromatic heterocycles. The Bertz CT molecular complexity index is 295. The summed E-state index contributed by atoms with van der Waals surface area (Å²) in [4.78, 5) is 16.9. The van der Waals surface area contributed by atoms with Crippen LogP contribution in [0.4, 0.5) is 0 Å². The second-order valence-corrected chi connectivity index (χ2v) is 2.72. The van der Waals surface area contributed by atoms with Crippen molar-refractivity contribution in [3.8, 4) is 6.01 Å². The average molecular weight is 183 g/mol. The first-order valence-corrected chi connectivity index (χ1v) is 4.07. The monoisotopic (exact) mass is 183 g/mol. The lowest BCUT2D eigenvalue weighted by atomic mass is 10.3. The fourth-order valence-corrected chi connectivity index (χ4v) is 0.735. The number of hydrogen-bond acceptors (Lipinski definition) is 3. The number of nitrogens with zero attached hydrogens (tertiary/aromatic N) is 1. The van der Waals surface area contributed by atoms with Crippen LogP contribution in [0.3, 0.4) is 0 Å². The Morgan fingerprint density at radius 2 is 2.46 bits per heavy atom. The molecular weight excluding hydrogens is 172 g/mol. The van der Waals surface area contributed by atoms with Gasteiger partial charge in [-0.2, -0.15) is 4.98 Å². The summed E-state index contributed by atoms with van der Waals surface area (Å²) in [6.45, 7) is 3.68. The van der Waals surface area contributed by atoms with Crippen molar-refractivity contribution < 1.29 is 14.6 Å². The molecule has 1 aromatic rings. The van der Waals surface area contributed by atoms with Crippen LogP contribution in [0.1, 0.15) is 30.8 Å². The van der Waals surface area contributed by atoms with E-state index in [9.17, 15) is 9.90 Å². The van der Waals surface area contributed by atoms with Crippen LogP contribution in [0.5, 0.6) is 6.01 Å². The fraction of sp³-hybridized carbons (Fsp3) is 0.500. The predicted molar refractivity (Wildman–Crippen MR) is 43.9 cm³/mol. The highest BCUT2D eigenvalue weighted by atomic mass is 16.5. The SMILES string of the molecule is CCC(C)OC(=O)c1c[nH]c([O])n1. The van der Waals surface area contributed by atoms with Gasteiger partial charge in [-0.25, -0.2) is 9.90 Å². The summed E-state index contributed by atoms with van der Waals surface area (Å²) in [5.41, 5.74) is 0.0327. The number of carbonyl (C=O) groups is 1. The number of carbonyl (C=O) groups excluding carboxylic acids is 1. The van der Waals surface area contributed by atoms with Crippen LogP contribution in [0.25, 0.3) is 0 Å². The van der Waals surface area contributed by atoms with Gasteiger partial charge in [-0.15, -0.1) is 0 Å². The van der Waals surface area contributed by atoms with E-state index < -0.39 is 12.0 Å². The topological polar surface area (TPSA) is 74.9 Å². The maximum atomic E-state index is 11.2. The Hall–Kier alpha value is -1.52. The third-order valence-corrected chi connectivity index (χ3v) is 1.65. The Balaban J connectivity index is 2.58. The molecule has 5 nitrogen and oxygen atoms in total. The van der Waals surface area contributed by atoms with E-state index in [4.69, 9.17) is 4.74 Å². The number of esters is 1. The van der Waals surface area contributed by atoms with E-state index >= 15 is 0 Å². The van der Waals surface area contributed by atoms with Crippen LogP contribution in [0.2, 0.25) is 0 Å². The average Bonchev–Trinajstić information content (AvgIpc) is 2.51. The zero-order valence-corrected chi connectivity index (χ0v) is 7.53. The van der Waals surface area contributed by atoms with Crippen molar-refractivity contribution in [2.45, 2.75) is 26.4 Å². The maximum absolute atomic E-state index is 11.2. The normalized spacial score (nSPS) is 12.5. The molecule has 71 valence electrons. The summed E-state index contributed by atoms with van der Waals surface area (Å²) in [6, 6.07) is -0.531. The Kier molecular flexibility index (Phi) is 2.89. The van der Waals surface area contributed by atoms with Gasteiger partial charge in [0, 0.05) is 6.20 Å². The van der Waals surface area contributed by atoms with Crippen molar-refractivity contribution in [2.24, 2.45) is 0 Å². The molecule has 0 aliphatic heterocycles. The first-order chi connectivity index (χ1) is 6.13. The number of hydrogen-bond donors (Lipinski definition) is 1. The summed E-state index contributed by atoms with van der Waals surface area (Å²) in [5.74, 6) is -0.562. The van der Waals surface area contributed by atoms with E-state index in [1.165, 1.54) is 6.20 Å². The quantitative estimate of drug-likeness (QED) is 0.721. The van der Waals surface area contributed by atoms with Gasteiger partial charge in [0.2, 0.25) is 0 Å².